The summed E-state index contributed by atoms with van der Waals surface area (Å²) in [5.41, 5.74) is 2.72. The van der Waals surface area contributed by atoms with Gasteiger partial charge in [0.15, 0.2) is 0 Å². The van der Waals surface area contributed by atoms with Crippen LogP contribution >= 0.6 is 31.9 Å². The lowest BCUT2D eigenvalue weighted by Crippen LogP contribution is -2.51. The Morgan fingerprint density at radius 2 is 1.89 bits per heavy atom. The highest BCUT2D eigenvalue weighted by molar-refractivity contribution is 9.09. The van der Waals surface area contributed by atoms with Crippen molar-refractivity contribution in [1.82, 2.24) is 5.32 Å². The van der Waals surface area contributed by atoms with Gasteiger partial charge < -0.3 is 5.32 Å². The summed E-state index contributed by atoms with van der Waals surface area (Å²) in [6, 6.07) is 5.82. The van der Waals surface area contributed by atoms with E-state index in [0.29, 0.717) is 0 Å². The van der Waals surface area contributed by atoms with Crippen molar-refractivity contribution < 1.29 is 4.79 Å². The molecule has 0 spiro atoms. The van der Waals surface area contributed by atoms with E-state index in [9.17, 15) is 4.79 Å². The summed E-state index contributed by atoms with van der Waals surface area (Å²) in [6.45, 7) is 6.08. The van der Waals surface area contributed by atoms with E-state index in [2.05, 4.69) is 44.1 Å². The molecule has 1 amide bonds. The zero-order chi connectivity index (χ0) is 13.8. The van der Waals surface area contributed by atoms with Crippen LogP contribution < -0.4 is 5.32 Å². The van der Waals surface area contributed by atoms with Crippen molar-refractivity contribution in [2.24, 2.45) is 0 Å². The first kappa shape index (κ1) is 15.7. The van der Waals surface area contributed by atoms with Crippen LogP contribution in [0, 0.1) is 13.8 Å². The van der Waals surface area contributed by atoms with Gasteiger partial charge in [-0.3, -0.25) is 4.79 Å². The number of carbonyl (C=O) groups is 1. The third-order valence-electron chi connectivity index (χ3n) is 3.42. The number of carbonyl (C=O) groups excluding carboxylic acids is 1. The van der Waals surface area contributed by atoms with Gasteiger partial charge in [-0.05, 0) is 37.5 Å². The molecule has 0 unspecified atom stereocenters. The maximum absolute atomic E-state index is 12.4. The fourth-order valence-corrected chi connectivity index (χ4v) is 3.69. The fraction of sp³-hybridized carbons (Fsp3) is 0.500. The van der Waals surface area contributed by atoms with E-state index in [4.69, 9.17) is 0 Å². The summed E-state index contributed by atoms with van der Waals surface area (Å²) < 4.78 is 0. The van der Waals surface area contributed by atoms with Gasteiger partial charge in [0.1, 0.15) is 0 Å². The SMILES string of the molecule is CCC(CBr)(CBr)NC(=O)c1cccc(C)c1C. The topological polar surface area (TPSA) is 29.1 Å². The number of hydrogen-bond acceptors (Lipinski definition) is 1. The van der Waals surface area contributed by atoms with Gasteiger partial charge >= 0.3 is 0 Å². The Kier molecular flexibility index (Phi) is 5.86. The maximum atomic E-state index is 12.4. The summed E-state index contributed by atoms with van der Waals surface area (Å²) in [6.07, 6.45) is 0.875. The number of aryl methyl sites for hydroxylation is 1. The molecule has 18 heavy (non-hydrogen) atoms. The lowest BCUT2D eigenvalue weighted by atomic mass is 9.98. The minimum Gasteiger partial charge on any atom is -0.345 e. The molecule has 0 bridgehead atoms. The van der Waals surface area contributed by atoms with Gasteiger partial charge in [0.25, 0.3) is 5.91 Å². The molecule has 2 nitrogen and oxygen atoms in total. The number of alkyl halides is 2. The molecule has 0 aliphatic rings. The number of halogens is 2. The Morgan fingerprint density at radius 3 is 2.39 bits per heavy atom. The molecule has 0 aliphatic carbocycles. The Balaban J connectivity index is 2.98. The average Bonchev–Trinajstić information content (AvgIpc) is 2.39. The summed E-state index contributed by atoms with van der Waals surface area (Å²) in [5, 5.41) is 4.60. The van der Waals surface area contributed by atoms with Crippen molar-refractivity contribution in [3.05, 3.63) is 34.9 Å². The van der Waals surface area contributed by atoms with Crippen LogP contribution in [0.3, 0.4) is 0 Å². The molecule has 100 valence electrons. The average molecular weight is 377 g/mol. The molecule has 0 aromatic heterocycles. The summed E-state index contributed by atoms with van der Waals surface area (Å²) >= 11 is 6.97. The maximum Gasteiger partial charge on any atom is 0.252 e. The highest BCUT2D eigenvalue weighted by atomic mass is 79.9. The Hall–Kier alpha value is -0.350. The van der Waals surface area contributed by atoms with Gasteiger partial charge in [0, 0.05) is 16.2 Å². The van der Waals surface area contributed by atoms with Gasteiger partial charge in [-0.2, -0.15) is 0 Å². The fourth-order valence-electron chi connectivity index (χ4n) is 1.69. The minimum atomic E-state index is -0.229. The van der Waals surface area contributed by atoms with Crippen molar-refractivity contribution in [2.45, 2.75) is 32.7 Å². The highest BCUT2D eigenvalue weighted by Crippen LogP contribution is 2.19. The van der Waals surface area contributed by atoms with E-state index in [0.717, 1.165) is 33.8 Å². The lowest BCUT2D eigenvalue weighted by Gasteiger charge is -2.30. The van der Waals surface area contributed by atoms with E-state index in [1.54, 1.807) is 0 Å². The molecule has 1 N–H and O–H groups in total. The highest BCUT2D eigenvalue weighted by Gasteiger charge is 2.28. The number of benzene rings is 1. The Bertz CT molecular complexity index is 420. The molecule has 0 heterocycles. The summed E-state index contributed by atoms with van der Waals surface area (Å²) in [4.78, 5) is 12.4. The van der Waals surface area contributed by atoms with Crippen molar-refractivity contribution in [3.8, 4) is 0 Å². The number of rotatable bonds is 5. The summed E-state index contributed by atoms with van der Waals surface area (Å²) in [5.74, 6) is -0.00282. The first-order valence-electron chi connectivity index (χ1n) is 6.00. The van der Waals surface area contributed by atoms with Gasteiger partial charge in [-0.1, -0.05) is 50.9 Å². The van der Waals surface area contributed by atoms with E-state index < -0.39 is 0 Å². The second kappa shape index (κ2) is 6.71. The van der Waals surface area contributed by atoms with Gasteiger partial charge in [0.05, 0.1) is 5.54 Å². The molecule has 4 heteroatoms. The molecule has 0 atom stereocenters. The predicted octanol–water partition coefficient (Wildman–Crippen LogP) is 3.97. The zero-order valence-corrected chi connectivity index (χ0v) is 14.2. The Labute approximate surface area is 126 Å². The quantitative estimate of drug-likeness (QED) is 0.774. The molecular weight excluding hydrogens is 358 g/mol. The molecule has 1 aromatic carbocycles. The van der Waals surface area contributed by atoms with E-state index in [1.165, 1.54) is 0 Å². The van der Waals surface area contributed by atoms with E-state index in [-0.39, 0.29) is 11.4 Å². The zero-order valence-electron chi connectivity index (χ0n) is 11.0. The number of amides is 1. The second-order valence-corrected chi connectivity index (χ2v) is 5.72. The van der Waals surface area contributed by atoms with E-state index in [1.807, 2.05) is 32.0 Å². The molecule has 0 aliphatic heterocycles. The van der Waals surface area contributed by atoms with Crippen LogP contribution in [0.2, 0.25) is 0 Å². The third-order valence-corrected chi connectivity index (χ3v) is 5.56. The van der Waals surface area contributed by atoms with Gasteiger partial charge in [0.2, 0.25) is 0 Å². The van der Waals surface area contributed by atoms with Crippen molar-refractivity contribution in [3.63, 3.8) is 0 Å². The molecule has 1 aromatic rings. The summed E-state index contributed by atoms with van der Waals surface area (Å²) in [7, 11) is 0. The second-order valence-electron chi connectivity index (χ2n) is 4.60. The lowest BCUT2D eigenvalue weighted by molar-refractivity contribution is 0.0914. The van der Waals surface area contributed by atoms with Gasteiger partial charge in [-0.15, -0.1) is 0 Å². The monoisotopic (exact) mass is 375 g/mol. The smallest absolute Gasteiger partial charge is 0.252 e. The largest absolute Gasteiger partial charge is 0.345 e. The van der Waals surface area contributed by atoms with Crippen LogP contribution in [0.5, 0.6) is 0 Å². The molecule has 0 saturated carbocycles. The van der Waals surface area contributed by atoms with Crippen LogP contribution in [0.25, 0.3) is 0 Å². The number of hydrogen-bond donors (Lipinski definition) is 1. The first-order chi connectivity index (χ1) is 8.49. The predicted molar refractivity (Wildman–Crippen MR) is 84.0 cm³/mol. The molecule has 0 radical (unpaired) electrons. The van der Waals surface area contributed by atoms with Crippen molar-refractivity contribution >= 4 is 37.8 Å². The molecule has 0 fully saturated rings. The molecular formula is C14H19Br2NO. The van der Waals surface area contributed by atoms with Crippen LogP contribution in [0.15, 0.2) is 18.2 Å². The molecule has 1 rings (SSSR count). The minimum absolute atomic E-state index is 0.00282. The Morgan fingerprint density at radius 1 is 1.28 bits per heavy atom. The number of nitrogens with one attached hydrogen (secondary N) is 1. The first-order valence-corrected chi connectivity index (χ1v) is 8.24. The van der Waals surface area contributed by atoms with Crippen LogP contribution in [0.1, 0.15) is 34.8 Å². The van der Waals surface area contributed by atoms with Crippen LogP contribution in [0.4, 0.5) is 0 Å². The van der Waals surface area contributed by atoms with Crippen LogP contribution in [-0.2, 0) is 0 Å². The van der Waals surface area contributed by atoms with Crippen molar-refractivity contribution in [2.75, 3.05) is 10.7 Å². The normalized spacial score (nSPS) is 11.4. The van der Waals surface area contributed by atoms with Gasteiger partial charge in [-0.25, -0.2) is 0 Å². The van der Waals surface area contributed by atoms with Crippen LogP contribution in [-0.4, -0.2) is 22.1 Å². The third kappa shape index (κ3) is 3.35. The standard InChI is InChI=1S/C14H19Br2NO/c1-4-14(8-15,9-16)17-13(18)12-7-5-6-10(2)11(12)3/h5-7H,4,8-9H2,1-3H3,(H,17,18). The molecule has 0 saturated heterocycles. The van der Waals surface area contributed by atoms with E-state index >= 15 is 0 Å². The van der Waals surface area contributed by atoms with Crippen molar-refractivity contribution in [1.29, 1.82) is 0 Å².